The van der Waals surface area contributed by atoms with E-state index in [0.717, 1.165) is 37.3 Å². The third-order valence-electron chi connectivity index (χ3n) is 4.53. The van der Waals surface area contributed by atoms with Crippen molar-refractivity contribution >= 4 is 23.2 Å². The molecule has 1 saturated heterocycles. The smallest absolute Gasteiger partial charge is 0.249 e. The standard InChI is InChI=1S/C19H29N3O3/c1-4-21(5-2)16-8-10-17(11-9-16)22(15(3)23)13-12-20-19(24)18-7-6-14-25-18/h8-11,18H,4-7,12-14H2,1-3H3,(H,20,24). The predicted octanol–water partition coefficient (Wildman–Crippen LogP) is 2.18. The Morgan fingerprint density at radius 1 is 1.16 bits per heavy atom. The molecule has 25 heavy (non-hydrogen) atoms. The Bertz CT molecular complexity index is 564. The summed E-state index contributed by atoms with van der Waals surface area (Å²) in [5, 5.41) is 2.86. The summed E-state index contributed by atoms with van der Waals surface area (Å²) in [6.07, 6.45) is 1.37. The van der Waals surface area contributed by atoms with Crippen LogP contribution in [0.3, 0.4) is 0 Å². The van der Waals surface area contributed by atoms with Crippen LogP contribution in [0.4, 0.5) is 11.4 Å². The molecule has 1 aromatic carbocycles. The third-order valence-corrected chi connectivity index (χ3v) is 4.53. The van der Waals surface area contributed by atoms with Crippen molar-refractivity contribution < 1.29 is 14.3 Å². The maximum atomic E-state index is 12.0. The maximum absolute atomic E-state index is 12.0. The van der Waals surface area contributed by atoms with Crippen molar-refractivity contribution in [1.29, 1.82) is 0 Å². The number of anilines is 2. The zero-order valence-electron chi connectivity index (χ0n) is 15.5. The van der Waals surface area contributed by atoms with Crippen molar-refractivity contribution in [1.82, 2.24) is 5.32 Å². The normalized spacial score (nSPS) is 16.5. The Kier molecular flexibility index (Phi) is 7.25. The molecule has 1 aromatic rings. The number of rotatable bonds is 8. The number of carbonyl (C=O) groups is 2. The Balaban J connectivity index is 1.93. The maximum Gasteiger partial charge on any atom is 0.249 e. The van der Waals surface area contributed by atoms with Gasteiger partial charge in [-0.05, 0) is 51.0 Å². The first-order chi connectivity index (χ1) is 12.1. The fourth-order valence-electron chi connectivity index (χ4n) is 3.09. The van der Waals surface area contributed by atoms with Crippen LogP contribution in [0.1, 0.15) is 33.6 Å². The van der Waals surface area contributed by atoms with Crippen LogP contribution in [0.15, 0.2) is 24.3 Å². The lowest BCUT2D eigenvalue weighted by atomic mass is 10.2. The molecule has 6 heteroatoms. The first kappa shape index (κ1) is 19.2. The molecule has 1 heterocycles. The number of hydrogen-bond acceptors (Lipinski definition) is 4. The summed E-state index contributed by atoms with van der Waals surface area (Å²) < 4.78 is 5.36. The predicted molar refractivity (Wildman–Crippen MR) is 100 cm³/mol. The van der Waals surface area contributed by atoms with Gasteiger partial charge in [-0.2, -0.15) is 0 Å². The minimum atomic E-state index is -0.334. The van der Waals surface area contributed by atoms with Crippen LogP contribution in [0.2, 0.25) is 0 Å². The van der Waals surface area contributed by atoms with Crippen LogP contribution in [-0.2, 0) is 14.3 Å². The van der Waals surface area contributed by atoms with E-state index in [1.807, 2.05) is 24.3 Å². The van der Waals surface area contributed by atoms with Crippen molar-refractivity contribution in [2.45, 2.75) is 39.7 Å². The highest BCUT2D eigenvalue weighted by atomic mass is 16.5. The van der Waals surface area contributed by atoms with E-state index >= 15 is 0 Å². The first-order valence-corrected chi connectivity index (χ1v) is 9.09. The van der Waals surface area contributed by atoms with Crippen LogP contribution < -0.4 is 15.1 Å². The molecule has 1 atom stereocenters. The number of nitrogens with one attached hydrogen (secondary N) is 1. The molecule has 0 aromatic heterocycles. The van der Waals surface area contributed by atoms with Gasteiger partial charge < -0.3 is 19.9 Å². The summed E-state index contributed by atoms with van der Waals surface area (Å²) >= 11 is 0. The van der Waals surface area contributed by atoms with Crippen molar-refractivity contribution in [2.24, 2.45) is 0 Å². The summed E-state index contributed by atoms with van der Waals surface area (Å²) in [5.74, 6) is -0.125. The average molecular weight is 347 g/mol. The number of hydrogen-bond donors (Lipinski definition) is 1. The van der Waals surface area contributed by atoms with E-state index in [9.17, 15) is 9.59 Å². The van der Waals surface area contributed by atoms with E-state index in [4.69, 9.17) is 4.74 Å². The Hall–Kier alpha value is -2.08. The molecule has 2 amide bonds. The molecule has 1 aliphatic rings. The first-order valence-electron chi connectivity index (χ1n) is 9.09. The molecule has 0 saturated carbocycles. The van der Waals surface area contributed by atoms with Gasteiger partial charge in [0, 0.05) is 51.1 Å². The van der Waals surface area contributed by atoms with Gasteiger partial charge in [0.15, 0.2) is 0 Å². The molecule has 2 rings (SSSR count). The Morgan fingerprint density at radius 2 is 1.80 bits per heavy atom. The molecule has 138 valence electrons. The fourth-order valence-corrected chi connectivity index (χ4v) is 3.09. The average Bonchev–Trinajstić information content (AvgIpc) is 3.15. The molecule has 0 aliphatic carbocycles. The van der Waals surface area contributed by atoms with Crippen molar-refractivity contribution in [3.8, 4) is 0 Å². The number of amides is 2. The molecular formula is C19H29N3O3. The second kappa shape index (κ2) is 9.42. The van der Waals surface area contributed by atoms with Gasteiger partial charge in [-0.3, -0.25) is 9.59 Å². The summed E-state index contributed by atoms with van der Waals surface area (Å²) in [5.41, 5.74) is 1.98. The third kappa shape index (κ3) is 5.19. The second-order valence-corrected chi connectivity index (χ2v) is 6.15. The minimum absolute atomic E-state index is 0.0399. The molecule has 1 N–H and O–H groups in total. The molecule has 1 unspecified atom stereocenters. The fraction of sp³-hybridized carbons (Fsp3) is 0.579. The minimum Gasteiger partial charge on any atom is -0.372 e. The summed E-state index contributed by atoms with van der Waals surface area (Å²) in [7, 11) is 0. The van der Waals surface area contributed by atoms with Gasteiger partial charge in [0.2, 0.25) is 11.8 Å². The number of nitrogens with zero attached hydrogens (tertiary/aromatic N) is 2. The van der Waals surface area contributed by atoms with Gasteiger partial charge in [-0.15, -0.1) is 0 Å². The van der Waals surface area contributed by atoms with Crippen LogP contribution in [0.5, 0.6) is 0 Å². The zero-order chi connectivity index (χ0) is 18.2. The highest BCUT2D eigenvalue weighted by Crippen LogP contribution is 2.21. The van der Waals surface area contributed by atoms with Gasteiger partial charge in [-0.1, -0.05) is 0 Å². The van der Waals surface area contributed by atoms with Gasteiger partial charge >= 0.3 is 0 Å². The monoisotopic (exact) mass is 347 g/mol. The van der Waals surface area contributed by atoms with E-state index in [0.29, 0.717) is 19.7 Å². The number of ether oxygens (including phenoxy) is 1. The molecule has 0 spiro atoms. The van der Waals surface area contributed by atoms with Crippen LogP contribution >= 0.6 is 0 Å². The van der Waals surface area contributed by atoms with Gasteiger partial charge in [-0.25, -0.2) is 0 Å². The highest BCUT2D eigenvalue weighted by Gasteiger charge is 2.23. The quantitative estimate of drug-likeness (QED) is 0.783. The van der Waals surface area contributed by atoms with Gasteiger partial charge in [0.1, 0.15) is 6.10 Å². The Labute approximate surface area is 150 Å². The zero-order valence-corrected chi connectivity index (χ0v) is 15.5. The summed E-state index contributed by atoms with van der Waals surface area (Å²) in [4.78, 5) is 27.9. The van der Waals surface area contributed by atoms with Crippen LogP contribution in [0, 0.1) is 0 Å². The number of benzene rings is 1. The van der Waals surface area contributed by atoms with Crippen LogP contribution in [-0.4, -0.2) is 50.7 Å². The van der Waals surface area contributed by atoms with E-state index < -0.39 is 0 Å². The SMILES string of the molecule is CCN(CC)c1ccc(N(CCNC(=O)C2CCCO2)C(C)=O)cc1. The lowest BCUT2D eigenvalue weighted by Gasteiger charge is -2.24. The molecular weight excluding hydrogens is 318 g/mol. The second-order valence-electron chi connectivity index (χ2n) is 6.15. The lowest BCUT2D eigenvalue weighted by molar-refractivity contribution is -0.130. The lowest BCUT2D eigenvalue weighted by Crippen LogP contribution is -2.41. The van der Waals surface area contributed by atoms with Crippen molar-refractivity contribution in [3.63, 3.8) is 0 Å². The van der Waals surface area contributed by atoms with Crippen molar-refractivity contribution in [2.75, 3.05) is 42.6 Å². The van der Waals surface area contributed by atoms with Gasteiger partial charge in [0.05, 0.1) is 0 Å². The topological polar surface area (TPSA) is 61.9 Å². The van der Waals surface area contributed by atoms with E-state index in [-0.39, 0.29) is 17.9 Å². The number of carbonyl (C=O) groups excluding carboxylic acids is 2. The molecule has 0 bridgehead atoms. The van der Waals surface area contributed by atoms with Gasteiger partial charge in [0.25, 0.3) is 0 Å². The largest absolute Gasteiger partial charge is 0.372 e. The Morgan fingerprint density at radius 3 is 2.32 bits per heavy atom. The highest BCUT2D eigenvalue weighted by molar-refractivity contribution is 5.91. The molecule has 1 aliphatic heterocycles. The summed E-state index contributed by atoms with van der Waals surface area (Å²) in [6.45, 7) is 9.18. The van der Waals surface area contributed by atoms with E-state index in [2.05, 4.69) is 24.1 Å². The molecule has 0 radical (unpaired) electrons. The van der Waals surface area contributed by atoms with E-state index in [1.54, 1.807) is 11.8 Å². The van der Waals surface area contributed by atoms with Crippen molar-refractivity contribution in [3.05, 3.63) is 24.3 Å². The van der Waals surface area contributed by atoms with Crippen LogP contribution in [0.25, 0.3) is 0 Å². The summed E-state index contributed by atoms with van der Waals surface area (Å²) in [6, 6.07) is 7.97. The van der Waals surface area contributed by atoms with E-state index in [1.165, 1.54) is 0 Å². The molecule has 6 nitrogen and oxygen atoms in total. The molecule has 1 fully saturated rings.